The van der Waals surface area contributed by atoms with E-state index < -0.39 is 0 Å². The van der Waals surface area contributed by atoms with Crippen molar-refractivity contribution in [1.82, 2.24) is 15.1 Å². The smallest absolute Gasteiger partial charge is 0.273 e. The molecule has 3 aromatic rings. The summed E-state index contributed by atoms with van der Waals surface area (Å²) in [5, 5.41) is 7.57. The Bertz CT molecular complexity index is 1070. The molecule has 1 aliphatic heterocycles. The Morgan fingerprint density at radius 1 is 1.06 bits per heavy atom. The Morgan fingerprint density at radius 2 is 1.84 bits per heavy atom. The number of nitrogens with one attached hydrogen (secondary N) is 1. The van der Waals surface area contributed by atoms with E-state index >= 15 is 0 Å². The number of hydrogen-bond acceptors (Lipinski definition) is 4. The maximum absolute atomic E-state index is 13.4. The van der Waals surface area contributed by atoms with Gasteiger partial charge in [0.2, 0.25) is 0 Å². The van der Waals surface area contributed by atoms with Crippen LogP contribution < -0.4 is 9.47 Å². The maximum atomic E-state index is 13.4. The highest BCUT2D eigenvalue weighted by molar-refractivity contribution is 6.00. The Kier molecular flexibility index (Phi) is 5.98. The SMILES string of the molecule is CCCCCN1C(=O)c2[nH]nc(-c3ccc(C)cc3)c2C1c1ccc(OC)cc1OC. The summed E-state index contributed by atoms with van der Waals surface area (Å²) in [7, 11) is 3.28. The Labute approximate surface area is 183 Å². The molecule has 1 aromatic heterocycles. The van der Waals surface area contributed by atoms with Crippen molar-refractivity contribution in [2.45, 2.75) is 39.2 Å². The lowest BCUT2D eigenvalue weighted by Gasteiger charge is -2.27. The molecule has 0 saturated heterocycles. The number of aromatic amines is 1. The van der Waals surface area contributed by atoms with Crippen molar-refractivity contribution in [3.63, 3.8) is 0 Å². The van der Waals surface area contributed by atoms with Crippen LogP contribution in [0, 0.1) is 6.92 Å². The van der Waals surface area contributed by atoms with E-state index in [0.29, 0.717) is 23.7 Å². The molecule has 6 nitrogen and oxygen atoms in total. The van der Waals surface area contributed by atoms with Crippen LogP contribution in [0.15, 0.2) is 42.5 Å². The van der Waals surface area contributed by atoms with E-state index in [1.54, 1.807) is 14.2 Å². The normalized spacial score (nSPS) is 15.3. The summed E-state index contributed by atoms with van der Waals surface area (Å²) in [5.41, 5.74) is 5.39. The van der Waals surface area contributed by atoms with Gasteiger partial charge in [0.1, 0.15) is 17.2 Å². The number of amides is 1. The Morgan fingerprint density at radius 3 is 2.52 bits per heavy atom. The lowest BCUT2D eigenvalue weighted by atomic mass is 9.95. The first kappa shape index (κ1) is 21.0. The van der Waals surface area contributed by atoms with Gasteiger partial charge in [-0.25, -0.2) is 0 Å². The first-order valence-electron chi connectivity index (χ1n) is 10.8. The molecule has 31 heavy (non-hydrogen) atoms. The molecule has 1 atom stereocenters. The van der Waals surface area contributed by atoms with Crippen LogP contribution in [-0.4, -0.2) is 41.8 Å². The van der Waals surface area contributed by atoms with Crippen molar-refractivity contribution < 1.29 is 14.3 Å². The highest BCUT2D eigenvalue weighted by atomic mass is 16.5. The third-order valence-electron chi connectivity index (χ3n) is 5.93. The topological polar surface area (TPSA) is 67.5 Å². The van der Waals surface area contributed by atoms with Crippen molar-refractivity contribution in [3.05, 3.63) is 64.8 Å². The van der Waals surface area contributed by atoms with Crippen LogP contribution in [0.3, 0.4) is 0 Å². The van der Waals surface area contributed by atoms with E-state index in [0.717, 1.165) is 41.6 Å². The molecular formula is C25H29N3O3. The van der Waals surface area contributed by atoms with E-state index in [2.05, 4.69) is 48.3 Å². The van der Waals surface area contributed by atoms with Crippen LogP contribution in [0.25, 0.3) is 11.3 Å². The summed E-state index contributed by atoms with van der Waals surface area (Å²) in [6, 6.07) is 13.7. The minimum absolute atomic E-state index is 0.0140. The predicted octanol–water partition coefficient (Wildman–Crippen LogP) is 5.14. The minimum atomic E-state index is -0.268. The number of nitrogens with zero attached hydrogens (tertiary/aromatic N) is 2. The highest BCUT2D eigenvalue weighted by Gasteiger charge is 2.43. The molecule has 0 fully saturated rings. The highest BCUT2D eigenvalue weighted by Crippen LogP contribution is 2.46. The van der Waals surface area contributed by atoms with Crippen LogP contribution >= 0.6 is 0 Å². The number of hydrogen-bond donors (Lipinski definition) is 1. The number of carbonyl (C=O) groups excluding carboxylic acids is 1. The second-order valence-electron chi connectivity index (χ2n) is 7.94. The molecule has 162 valence electrons. The summed E-state index contributed by atoms with van der Waals surface area (Å²) in [6.45, 7) is 4.91. The first-order valence-corrected chi connectivity index (χ1v) is 10.8. The van der Waals surface area contributed by atoms with Crippen LogP contribution in [0.4, 0.5) is 0 Å². The quantitative estimate of drug-likeness (QED) is 0.514. The number of fused-ring (bicyclic) bond motifs is 1. The summed E-state index contributed by atoms with van der Waals surface area (Å²) >= 11 is 0. The number of benzene rings is 2. The zero-order valence-corrected chi connectivity index (χ0v) is 18.6. The summed E-state index contributed by atoms with van der Waals surface area (Å²) in [6.07, 6.45) is 3.13. The average Bonchev–Trinajstić information content (AvgIpc) is 3.33. The van der Waals surface area contributed by atoms with E-state index in [1.165, 1.54) is 5.56 Å². The lowest BCUT2D eigenvalue weighted by Crippen LogP contribution is -2.30. The molecule has 1 unspecified atom stereocenters. The molecule has 0 aliphatic carbocycles. The van der Waals surface area contributed by atoms with Crippen molar-refractivity contribution in [1.29, 1.82) is 0 Å². The monoisotopic (exact) mass is 419 g/mol. The molecule has 0 bridgehead atoms. The molecule has 1 N–H and O–H groups in total. The van der Waals surface area contributed by atoms with E-state index in [1.807, 2.05) is 23.1 Å². The maximum Gasteiger partial charge on any atom is 0.273 e. The molecule has 2 aromatic carbocycles. The first-order chi connectivity index (χ1) is 15.1. The molecule has 1 amide bonds. The second kappa shape index (κ2) is 8.84. The van der Waals surface area contributed by atoms with E-state index in [4.69, 9.17) is 9.47 Å². The molecule has 0 spiro atoms. The van der Waals surface area contributed by atoms with Crippen molar-refractivity contribution in [3.8, 4) is 22.8 Å². The predicted molar refractivity (Wildman–Crippen MR) is 121 cm³/mol. The van der Waals surface area contributed by atoms with Crippen molar-refractivity contribution >= 4 is 5.91 Å². The number of rotatable bonds is 8. The second-order valence-corrected chi connectivity index (χ2v) is 7.94. The Balaban J connectivity index is 1.86. The van der Waals surface area contributed by atoms with Crippen LogP contribution in [0.5, 0.6) is 11.5 Å². The Hall–Kier alpha value is -3.28. The van der Waals surface area contributed by atoms with Crippen LogP contribution in [0.1, 0.15) is 59.4 Å². The molecule has 2 heterocycles. The van der Waals surface area contributed by atoms with Gasteiger partial charge in [0.05, 0.1) is 26.0 Å². The van der Waals surface area contributed by atoms with Gasteiger partial charge in [-0.05, 0) is 25.5 Å². The average molecular weight is 420 g/mol. The number of carbonyl (C=O) groups is 1. The molecule has 0 saturated carbocycles. The van der Waals surface area contributed by atoms with Gasteiger partial charge >= 0.3 is 0 Å². The fraction of sp³-hybridized carbons (Fsp3) is 0.360. The number of H-pyrrole nitrogens is 1. The fourth-order valence-electron chi connectivity index (χ4n) is 4.26. The molecular weight excluding hydrogens is 390 g/mol. The van der Waals surface area contributed by atoms with E-state index in [-0.39, 0.29) is 11.9 Å². The number of methoxy groups -OCH3 is 2. The summed E-state index contributed by atoms with van der Waals surface area (Å²) in [4.78, 5) is 15.3. The lowest BCUT2D eigenvalue weighted by molar-refractivity contribution is 0.0739. The fourth-order valence-corrected chi connectivity index (χ4v) is 4.26. The number of ether oxygens (including phenoxy) is 2. The van der Waals surface area contributed by atoms with Gasteiger partial charge in [0, 0.05) is 29.3 Å². The minimum Gasteiger partial charge on any atom is -0.497 e. The number of unbranched alkanes of at least 4 members (excludes halogenated alkanes) is 2. The van der Waals surface area contributed by atoms with Gasteiger partial charge in [-0.3, -0.25) is 9.89 Å². The molecule has 6 heteroatoms. The number of aryl methyl sites for hydroxylation is 1. The van der Waals surface area contributed by atoms with Crippen molar-refractivity contribution in [2.75, 3.05) is 20.8 Å². The standard InChI is InChI=1S/C25H29N3O3/c1-5-6-7-14-28-24(19-13-12-18(30-3)15-20(19)31-4)21-22(26-27-23(21)25(28)29)17-10-8-16(2)9-11-17/h8-13,15,24H,5-7,14H2,1-4H3,(H,26,27). The number of aromatic nitrogens is 2. The molecule has 4 rings (SSSR count). The van der Waals surface area contributed by atoms with Gasteiger partial charge in [0.15, 0.2) is 0 Å². The van der Waals surface area contributed by atoms with Gasteiger partial charge < -0.3 is 14.4 Å². The van der Waals surface area contributed by atoms with Crippen LogP contribution in [-0.2, 0) is 0 Å². The van der Waals surface area contributed by atoms with Gasteiger partial charge in [-0.15, -0.1) is 0 Å². The zero-order chi connectivity index (χ0) is 22.0. The van der Waals surface area contributed by atoms with Crippen molar-refractivity contribution in [2.24, 2.45) is 0 Å². The largest absolute Gasteiger partial charge is 0.497 e. The van der Waals surface area contributed by atoms with Gasteiger partial charge in [0.25, 0.3) is 5.91 Å². The molecule has 1 aliphatic rings. The van der Waals surface area contributed by atoms with Gasteiger partial charge in [-0.1, -0.05) is 49.6 Å². The van der Waals surface area contributed by atoms with Crippen LogP contribution in [0.2, 0.25) is 0 Å². The summed E-state index contributed by atoms with van der Waals surface area (Å²) < 4.78 is 11.1. The third-order valence-corrected chi connectivity index (χ3v) is 5.93. The van der Waals surface area contributed by atoms with E-state index in [9.17, 15) is 4.79 Å². The summed E-state index contributed by atoms with van der Waals surface area (Å²) in [5.74, 6) is 1.40. The zero-order valence-electron chi connectivity index (χ0n) is 18.6. The third kappa shape index (κ3) is 3.78. The van der Waals surface area contributed by atoms with Gasteiger partial charge in [-0.2, -0.15) is 5.10 Å². The molecule has 0 radical (unpaired) electrons.